The SMILES string of the molecule is O=C1NC(=O)/C(=C\c2ccc(-c3cncc(C(=O)O)c3)o2)S1. The largest absolute Gasteiger partial charge is 0.478 e. The molecule has 2 N–H and O–H groups in total. The van der Waals surface area contributed by atoms with Gasteiger partial charge in [0.15, 0.2) is 0 Å². The highest BCUT2D eigenvalue weighted by molar-refractivity contribution is 8.18. The molecule has 1 fully saturated rings. The number of amides is 2. The fourth-order valence-corrected chi connectivity index (χ4v) is 2.49. The number of aromatic nitrogens is 1. The van der Waals surface area contributed by atoms with Gasteiger partial charge in [0, 0.05) is 24.0 Å². The molecule has 0 unspecified atom stereocenters. The fourth-order valence-electron chi connectivity index (χ4n) is 1.83. The van der Waals surface area contributed by atoms with Crippen LogP contribution in [-0.2, 0) is 4.79 Å². The summed E-state index contributed by atoms with van der Waals surface area (Å²) in [5, 5.41) is 10.7. The third-order valence-electron chi connectivity index (χ3n) is 2.81. The zero-order chi connectivity index (χ0) is 15.7. The summed E-state index contributed by atoms with van der Waals surface area (Å²) in [4.78, 5) is 37.5. The lowest BCUT2D eigenvalue weighted by atomic mass is 10.2. The van der Waals surface area contributed by atoms with Crippen molar-refractivity contribution >= 4 is 35.0 Å². The second kappa shape index (κ2) is 5.49. The smallest absolute Gasteiger partial charge is 0.337 e. The molecule has 3 rings (SSSR count). The number of hydrogen-bond acceptors (Lipinski definition) is 6. The number of pyridine rings is 1. The molecule has 3 heterocycles. The van der Waals surface area contributed by atoms with Gasteiger partial charge in [-0.3, -0.25) is 19.9 Å². The van der Waals surface area contributed by atoms with Crippen molar-refractivity contribution in [3.8, 4) is 11.3 Å². The van der Waals surface area contributed by atoms with Gasteiger partial charge < -0.3 is 9.52 Å². The van der Waals surface area contributed by atoms with Crippen LogP contribution in [-0.4, -0.2) is 27.2 Å². The maximum Gasteiger partial charge on any atom is 0.337 e. The number of carboxylic acids is 1. The second-order valence-electron chi connectivity index (χ2n) is 4.32. The number of thioether (sulfide) groups is 1. The highest BCUT2D eigenvalue weighted by Crippen LogP contribution is 2.28. The summed E-state index contributed by atoms with van der Waals surface area (Å²) in [6.07, 6.45) is 4.16. The molecule has 0 aliphatic carbocycles. The summed E-state index contributed by atoms with van der Waals surface area (Å²) in [6, 6.07) is 4.69. The topological polar surface area (TPSA) is 110 Å². The van der Waals surface area contributed by atoms with Crippen molar-refractivity contribution in [3.63, 3.8) is 0 Å². The number of nitrogens with one attached hydrogen (secondary N) is 1. The Balaban J connectivity index is 1.90. The van der Waals surface area contributed by atoms with Gasteiger partial charge in [-0.25, -0.2) is 4.79 Å². The van der Waals surface area contributed by atoms with Crippen LogP contribution >= 0.6 is 11.8 Å². The van der Waals surface area contributed by atoms with E-state index in [4.69, 9.17) is 9.52 Å². The van der Waals surface area contributed by atoms with Gasteiger partial charge in [-0.15, -0.1) is 0 Å². The molecule has 8 heteroatoms. The van der Waals surface area contributed by atoms with Crippen LogP contribution in [0.2, 0.25) is 0 Å². The van der Waals surface area contributed by atoms with Crippen LogP contribution in [0.3, 0.4) is 0 Å². The molecule has 2 aromatic heterocycles. The molecule has 1 aliphatic rings. The minimum Gasteiger partial charge on any atom is -0.478 e. The van der Waals surface area contributed by atoms with Gasteiger partial charge >= 0.3 is 5.97 Å². The third kappa shape index (κ3) is 2.77. The molecular weight excluding hydrogens is 308 g/mol. The van der Waals surface area contributed by atoms with Crippen LogP contribution in [0.25, 0.3) is 17.4 Å². The molecule has 0 atom stereocenters. The fraction of sp³-hybridized carbons (Fsp3) is 0. The Labute approximate surface area is 128 Å². The van der Waals surface area contributed by atoms with E-state index in [0.717, 1.165) is 11.8 Å². The van der Waals surface area contributed by atoms with Gasteiger partial charge in [-0.1, -0.05) is 0 Å². The summed E-state index contributed by atoms with van der Waals surface area (Å²) < 4.78 is 5.54. The number of carbonyl (C=O) groups excluding carboxylic acids is 2. The molecule has 0 aromatic carbocycles. The molecule has 0 radical (unpaired) electrons. The number of rotatable bonds is 3. The molecule has 1 aliphatic heterocycles. The third-order valence-corrected chi connectivity index (χ3v) is 3.62. The van der Waals surface area contributed by atoms with Crippen molar-refractivity contribution in [1.82, 2.24) is 10.3 Å². The lowest BCUT2D eigenvalue weighted by Crippen LogP contribution is -2.17. The normalized spacial score (nSPS) is 16.1. The van der Waals surface area contributed by atoms with Gasteiger partial charge in [0.05, 0.1) is 10.5 Å². The minimum atomic E-state index is -1.08. The van der Waals surface area contributed by atoms with Gasteiger partial charge in [0.25, 0.3) is 11.1 Å². The molecule has 0 saturated carbocycles. The summed E-state index contributed by atoms with van der Waals surface area (Å²) in [5.74, 6) is -0.761. The van der Waals surface area contributed by atoms with Crippen molar-refractivity contribution in [2.75, 3.05) is 0 Å². The quantitative estimate of drug-likeness (QED) is 0.836. The molecule has 110 valence electrons. The number of aromatic carboxylic acids is 1. The van der Waals surface area contributed by atoms with Crippen LogP contribution in [0.5, 0.6) is 0 Å². The van der Waals surface area contributed by atoms with Crippen molar-refractivity contribution in [2.45, 2.75) is 0 Å². The van der Waals surface area contributed by atoms with Gasteiger partial charge in [0.2, 0.25) is 0 Å². The summed E-state index contributed by atoms with van der Waals surface area (Å²) in [7, 11) is 0. The van der Waals surface area contributed by atoms with E-state index in [1.165, 1.54) is 24.5 Å². The van der Waals surface area contributed by atoms with E-state index in [2.05, 4.69) is 10.3 Å². The summed E-state index contributed by atoms with van der Waals surface area (Å²) >= 11 is 0.791. The first-order chi connectivity index (χ1) is 10.5. The van der Waals surface area contributed by atoms with E-state index in [1.807, 2.05) is 0 Å². The Morgan fingerprint density at radius 2 is 2.14 bits per heavy atom. The summed E-state index contributed by atoms with van der Waals surface area (Å²) in [5.41, 5.74) is 0.550. The van der Waals surface area contributed by atoms with Crippen molar-refractivity contribution in [2.24, 2.45) is 0 Å². The number of carboxylic acid groups (broad SMARTS) is 1. The maximum absolute atomic E-state index is 11.4. The molecule has 0 spiro atoms. The average molecular weight is 316 g/mol. The summed E-state index contributed by atoms with van der Waals surface area (Å²) in [6.45, 7) is 0. The van der Waals surface area contributed by atoms with E-state index < -0.39 is 17.1 Å². The minimum absolute atomic E-state index is 0.0464. The predicted octanol–water partition coefficient (Wildman–Crippen LogP) is 2.36. The van der Waals surface area contributed by atoms with Crippen molar-refractivity contribution in [1.29, 1.82) is 0 Å². The van der Waals surface area contributed by atoms with E-state index in [-0.39, 0.29) is 10.5 Å². The van der Waals surface area contributed by atoms with Crippen LogP contribution in [0.15, 0.2) is 39.9 Å². The second-order valence-corrected chi connectivity index (χ2v) is 5.34. The Bertz CT molecular complexity index is 824. The Hall–Kier alpha value is -2.87. The Kier molecular flexibility index (Phi) is 3.51. The standard InChI is InChI=1S/C14H8N2O5S/c17-12-11(22-14(20)16-12)4-9-1-2-10(21-9)7-3-8(13(18)19)6-15-5-7/h1-6H,(H,18,19)(H,16,17,20)/b11-4+. The lowest BCUT2D eigenvalue weighted by molar-refractivity contribution is -0.115. The van der Waals surface area contributed by atoms with Crippen LogP contribution in [0.4, 0.5) is 4.79 Å². The highest BCUT2D eigenvalue weighted by Gasteiger charge is 2.25. The molecule has 0 bridgehead atoms. The molecular formula is C14H8N2O5S. The monoisotopic (exact) mass is 316 g/mol. The number of carbonyl (C=O) groups is 3. The Morgan fingerprint density at radius 1 is 1.32 bits per heavy atom. The lowest BCUT2D eigenvalue weighted by Gasteiger charge is -1.98. The van der Waals surface area contributed by atoms with Crippen LogP contribution in [0.1, 0.15) is 16.1 Å². The number of furan rings is 1. The van der Waals surface area contributed by atoms with Gasteiger partial charge in [-0.05, 0) is 30.0 Å². The molecule has 1 saturated heterocycles. The highest BCUT2D eigenvalue weighted by atomic mass is 32.2. The first kappa shape index (κ1) is 14.1. The first-order valence-electron chi connectivity index (χ1n) is 6.06. The van der Waals surface area contributed by atoms with Crippen LogP contribution in [0, 0.1) is 0 Å². The van der Waals surface area contributed by atoms with Crippen LogP contribution < -0.4 is 5.32 Å². The van der Waals surface area contributed by atoms with E-state index in [9.17, 15) is 14.4 Å². The van der Waals surface area contributed by atoms with E-state index >= 15 is 0 Å². The number of nitrogens with zero attached hydrogens (tertiary/aromatic N) is 1. The maximum atomic E-state index is 11.4. The predicted molar refractivity (Wildman–Crippen MR) is 78.0 cm³/mol. The van der Waals surface area contributed by atoms with Gasteiger partial charge in [0.1, 0.15) is 11.5 Å². The molecule has 22 heavy (non-hydrogen) atoms. The van der Waals surface area contributed by atoms with Gasteiger partial charge in [-0.2, -0.15) is 0 Å². The molecule has 7 nitrogen and oxygen atoms in total. The van der Waals surface area contributed by atoms with E-state index in [0.29, 0.717) is 17.1 Å². The first-order valence-corrected chi connectivity index (χ1v) is 6.88. The molecule has 2 amide bonds. The molecule has 2 aromatic rings. The van der Waals surface area contributed by atoms with E-state index in [1.54, 1.807) is 12.1 Å². The zero-order valence-corrected chi connectivity index (χ0v) is 11.7. The zero-order valence-electron chi connectivity index (χ0n) is 10.9. The van der Waals surface area contributed by atoms with Crippen molar-refractivity contribution < 1.29 is 23.9 Å². The van der Waals surface area contributed by atoms with Crippen molar-refractivity contribution in [3.05, 3.63) is 46.8 Å². The Morgan fingerprint density at radius 3 is 2.82 bits per heavy atom. The average Bonchev–Trinajstić information content (AvgIpc) is 3.06. The number of hydrogen-bond donors (Lipinski definition) is 2. The number of imide groups is 1.